The number of benzene rings is 1. The number of aliphatic hydroxyl groups is 1. The Bertz CT molecular complexity index is 464. The molecule has 0 fully saturated rings. The molecule has 0 saturated heterocycles. The summed E-state index contributed by atoms with van der Waals surface area (Å²) in [6, 6.07) is 9.21. The fourth-order valence-corrected chi connectivity index (χ4v) is 1.60. The molecule has 1 aromatic rings. The number of methoxy groups -OCH3 is 1. The van der Waals surface area contributed by atoms with Gasteiger partial charge in [-0.05, 0) is 11.6 Å². The molecule has 1 atom stereocenters. The summed E-state index contributed by atoms with van der Waals surface area (Å²) in [5, 5.41) is 10.3. The van der Waals surface area contributed by atoms with Crippen LogP contribution in [0.25, 0.3) is 6.08 Å². The van der Waals surface area contributed by atoms with Crippen molar-refractivity contribution >= 4 is 17.8 Å². The van der Waals surface area contributed by atoms with E-state index >= 15 is 0 Å². The van der Waals surface area contributed by atoms with Crippen LogP contribution in [-0.2, 0) is 14.3 Å². The topological polar surface area (TPSA) is 63.6 Å². The Kier molecular flexibility index (Phi) is 5.45. The van der Waals surface area contributed by atoms with Crippen molar-refractivity contribution in [2.45, 2.75) is 25.4 Å². The molecule has 4 nitrogen and oxygen atoms in total. The number of rotatable bonds is 6. The standard InChI is InChI=1S/C15H18O4/c1-3-13(16)11-15(18,14(17)19-2)10-9-12-7-5-4-6-8-12/h4-10,18H,3,11H2,1-2H3/b10-9+/t15-/m1/s1. The first-order valence-electron chi connectivity index (χ1n) is 6.08. The minimum absolute atomic E-state index is 0.203. The molecular weight excluding hydrogens is 244 g/mol. The van der Waals surface area contributed by atoms with Gasteiger partial charge >= 0.3 is 5.97 Å². The summed E-state index contributed by atoms with van der Waals surface area (Å²) in [4.78, 5) is 23.1. The van der Waals surface area contributed by atoms with E-state index in [0.717, 1.165) is 5.56 Å². The van der Waals surface area contributed by atoms with Gasteiger partial charge in [-0.1, -0.05) is 43.3 Å². The lowest BCUT2D eigenvalue weighted by molar-refractivity contribution is -0.159. The Morgan fingerprint density at radius 1 is 1.32 bits per heavy atom. The summed E-state index contributed by atoms with van der Waals surface area (Å²) in [5.74, 6) is -1.04. The second-order valence-electron chi connectivity index (χ2n) is 4.23. The summed E-state index contributed by atoms with van der Waals surface area (Å²) in [7, 11) is 1.18. The van der Waals surface area contributed by atoms with Gasteiger partial charge in [-0.15, -0.1) is 0 Å². The molecule has 0 unspecified atom stereocenters. The number of ether oxygens (including phenoxy) is 1. The number of ketones is 1. The molecule has 1 aromatic carbocycles. The number of hydrogen-bond acceptors (Lipinski definition) is 4. The predicted molar refractivity (Wildman–Crippen MR) is 72.4 cm³/mol. The third-order valence-corrected chi connectivity index (χ3v) is 2.75. The van der Waals surface area contributed by atoms with E-state index in [1.165, 1.54) is 13.2 Å². The zero-order chi connectivity index (χ0) is 14.3. The van der Waals surface area contributed by atoms with Crippen LogP contribution in [0.4, 0.5) is 0 Å². The van der Waals surface area contributed by atoms with Gasteiger partial charge in [0.1, 0.15) is 5.78 Å². The SMILES string of the molecule is CCC(=O)C[C@](O)(/C=C/c1ccccc1)C(=O)OC. The lowest BCUT2D eigenvalue weighted by atomic mass is 9.94. The molecule has 19 heavy (non-hydrogen) atoms. The molecule has 0 aliphatic carbocycles. The van der Waals surface area contributed by atoms with E-state index in [1.54, 1.807) is 13.0 Å². The Balaban J connectivity index is 2.94. The van der Waals surface area contributed by atoms with E-state index in [1.807, 2.05) is 30.3 Å². The number of carbonyl (C=O) groups is 2. The Hall–Kier alpha value is -1.94. The van der Waals surface area contributed by atoms with Crippen LogP contribution < -0.4 is 0 Å². The van der Waals surface area contributed by atoms with Crippen LogP contribution in [0.5, 0.6) is 0 Å². The second kappa shape index (κ2) is 6.85. The second-order valence-corrected chi connectivity index (χ2v) is 4.23. The summed E-state index contributed by atoms with van der Waals surface area (Å²) in [6.07, 6.45) is 2.89. The monoisotopic (exact) mass is 262 g/mol. The molecular formula is C15H18O4. The van der Waals surface area contributed by atoms with Gasteiger partial charge in [0.25, 0.3) is 0 Å². The zero-order valence-corrected chi connectivity index (χ0v) is 11.1. The van der Waals surface area contributed by atoms with Crippen LogP contribution >= 0.6 is 0 Å². The molecule has 0 heterocycles. The molecule has 1 N–H and O–H groups in total. The van der Waals surface area contributed by atoms with Gasteiger partial charge < -0.3 is 9.84 Å². The minimum Gasteiger partial charge on any atom is -0.467 e. The third-order valence-electron chi connectivity index (χ3n) is 2.75. The molecule has 102 valence electrons. The molecule has 0 amide bonds. The highest BCUT2D eigenvalue weighted by Gasteiger charge is 2.36. The van der Waals surface area contributed by atoms with Gasteiger partial charge in [-0.25, -0.2) is 4.79 Å². The van der Waals surface area contributed by atoms with E-state index in [9.17, 15) is 14.7 Å². The highest BCUT2D eigenvalue weighted by Crippen LogP contribution is 2.18. The summed E-state index contributed by atoms with van der Waals surface area (Å²) in [5.41, 5.74) is -1.08. The maximum Gasteiger partial charge on any atom is 0.342 e. The lowest BCUT2D eigenvalue weighted by Gasteiger charge is -2.20. The normalized spacial score (nSPS) is 14.1. The summed E-state index contributed by atoms with van der Waals surface area (Å²) in [6.45, 7) is 1.68. The Morgan fingerprint density at radius 2 is 1.95 bits per heavy atom. The maximum absolute atomic E-state index is 11.6. The van der Waals surface area contributed by atoms with Gasteiger partial charge in [0, 0.05) is 12.8 Å². The highest BCUT2D eigenvalue weighted by atomic mass is 16.5. The predicted octanol–water partition coefficient (Wildman–Crippen LogP) is 1.97. The van der Waals surface area contributed by atoms with Crippen molar-refractivity contribution < 1.29 is 19.4 Å². The quantitative estimate of drug-likeness (QED) is 0.796. The minimum atomic E-state index is -1.91. The molecule has 1 rings (SSSR count). The van der Waals surface area contributed by atoms with E-state index < -0.39 is 11.6 Å². The number of carbonyl (C=O) groups excluding carboxylic acids is 2. The molecule has 0 aliphatic heterocycles. The van der Waals surface area contributed by atoms with Gasteiger partial charge in [0.05, 0.1) is 7.11 Å². The van der Waals surface area contributed by atoms with Crippen molar-refractivity contribution in [2.24, 2.45) is 0 Å². The highest BCUT2D eigenvalue weighted by molar-refractivity contribution is 5.91. The van der Waals surface area contributed by atoms with E-state index in [-0.39, 0.29) is 18.6 Å². The summed E-state index contributed by atoms with van der Waals surface area (Å²) >= 11 is 0. The van der Waals surface area contributed by atoms with Crippen LogP contribution in [0.15, 0.2) is 36.4 Å². The van der Waals surface area contributed by atoms with E-state index in [4.69, 9.17) is 0 Å². The molecule has 0 spiro atoms. The van der Waals surface area contributed by atoms with Gasteiger partial charge in [0.2, 0.25) is 0 Å². The molecule has 0 radical (unpaired) electrons. The van der Waals surface area contributed by atoms with Crippen molar-refractivity contribution in [3.8, 4) is 0 Å². The molecule has 0 aromatic heterocycles. The third kappa shape index (κ3) is 4.34. The average Bonchev–Trinajstić information content (AvgIpc) is 2.45. The van der Waals surface area contributed by atoms with Crippen molar-refractivity contribution in [3.63, 3.8) is 0 Å². The smallest absolute Gasteiger partial charge is 0.342 e. The first-order valence-corrected chi connectivity index (χ1v) is 6.08. The largest absolute Gasteiger partial charge is 0.467 e. The van der Waals surface area contributed by atoms with Crippen molar-refractivity contribution in [1.82, 2.24) is 0 Å². The number of esters is 1. The van der Waals surface area contributed by atoms with E-state index in [0.29, 0.717) is 0 Å². The van der Waals surface area contributed by atoms with Crippen LogP contribution in [-0.4, -0.2) is 29.6 Å². The molecule has 0 saturated carbocycles. The Morgan fingerprint density at radius 3 is 2.47 bits per heavy atom. The zero-order valence-electron chi connectivity index (χ0n) is 11.1. The van der Waals surface area contributed by atoms with E-state index in [2.05, 4.69) is 4.74 Å². The van der Waals surface area contributed by atoms with Crippen molar-refractivity contribution in [2.75, 3.05) is 7.11 Å². The number of Topliss-reactive ketones (excluding diaryl/α,β-unsaturated/α-hetero) is 1. The fraction of sp³-hybridized carbons (Fsp3) is 0.333. The number of hydrogen-bond donors (Lipinski definition) is 1. The maximum atomic E-state index is 11.6. The van der Waals surface area contributed by atoms with Gasteiger partial charge in [0.15, 0.2) is 5.60 Å². The van der Waals surface area contributed by atoms with Crippen LogP contribution in [0.2, 0.25) is 0 Å². The van der Waals surface area contributed by atoms with Crippen LogP contribution in [0.1, 0.15) is 25.3 Å². The first kappa shape index (κ1) is 15.1. The lowest BCUT2D eigenvalue weighted by Crippen LogP contribution is -2.39. The fourth-order valence-electron chi connectivity index (χ4n) is 1.60. The first-order chi connectivity index (χ1) is 9.01. The van der Waals surface area contributed by atoms with Crippen molar-refractivity contribution in [3.05, 3.63) is 42.0 Å². The van der Waals surface area contributed by atoms with Crippen LogP contribution in [0, 0.1) is 0 Å². The van der Waals surface area contributed by atoms with Gasteiger partial charge in [-0.2, -0.15) is 0 Å². The summed E-state index contributed by atoms with van der Waals surface area (Å²) < 4.78 is 4.56. The molecule has 0 aliphatic rings. The van der Waals surface area contributed by atoms with Crippen LogP contribution in [0.3, 0.4) is 0 Å². The molecule has 0 bridgehead atoms. The molecule has 4 heteroatoms. The van der Waals surface area contributed by atoms with Crippen molar-refractivity contribution in [1.29, 1.82) is 0 Å². The average molecular weight is 262 g/mol. The Labute approximate surface area is 112 Å². The van der Waals surface area contributed by atoms with Gasteiger partial charge in [-0.3, -0.25) is 4.79 Å².